The highest BCUT2D eigenvalue weighted by Gasteiger charge is 2.66. The van der Waals surface area contributed by atoms with Gasteiger partial charge < -0.3 is 0 Å². The largest absolute Gasteiger partial charge is 0.266 e. The Morgan fingerprint density at radius 2 is 1.80 bits per heavy atom. The molecule has 1 rings (SSSR count). The Morgan fingerprint density at radius 3 is 2.13 bits per heavy atom. The lowest BCUT2D eigenvalue weighted by atomic mass is 10.3. The number of unbranched alkanes of at least 4 members (excludes halogenated alkanes) is 1. The number of hydrogen-bond donors (Lipinski definition) is 0. The van der Waals surface area contributed by atoms with Crippen molar-refractivity contribution in [1.29, 1.82) is 0 Å². The average Bonchev–Trinajstić information content (AvgIpc) is 2.21. The van der Waals surface area contributed by atoms with E-state index < -0.39 is 18.0 Å². The van der Waals surface area contributed by atoms with E-state index in [1.165, 1.54) is 0 Å². The van der Waals surface area contributed by atoms with Crippen LogP contribution >= 0.6 is 46.4 Å². The lowest BCUT2D eigenvalue weighted by Gasteiger charge is -2.21. The second-order valence-electron chi connectivity index (χ2n) is 3.41. The van der Waals surface area contributed by atoms with Crippen molar-refractivity contribution in [2.24, 2.45) is 0 Å². The van der Waals surface area contributed by atoms with Gasteiger partial charge in [-0.05, 0) is 6.42 Å². The maximum Gasteiger partial charge on any atom is 0.266 e. The van der Waals surface area contributed by atoms with E-state index in [9.17, 15) is 8.42 Å². The van der Waals surface area contributed by atoms with Crippen molar-refractivity contribution in [2.45, 2.75) is 27.8 Å². The molecular weight excluding hydrogens is 304 g/mol. The van der Waals surface area contributed by atoms with Gasteiger partial charge in [0.05, 0.1) is 6.54 Å². The van der Waals surface area contributed by atoms with Crippen molar-refractivity contribution in [1.82, 2.24) is 4.31 Å². The van der Waals surface area contributed by atoms with Crippen LogP contribution in [-0.4, -0.2) is 33.8 Å². The molecule has 0 aromatic heterocycles. The van der Waals surface area contributed by atoms with E-state index in [2.05, 4.69) is 0 Å². The molecule has 0 saturated carbocycles. The third-order valence-corrected chi connectivity index (χ3v) is 7.45. The fourth-order valence-corrected chi connectivity index (χ4v) is 4.50. The second-order valence-corrected chi connectivity index (χ2v) is 8.75. The summed E-state index contributed by atoms with van der Waals surface area (Å²) in [6, 6.07) is 0. The standard InChI is InChI=1S/C7H11Cl4NO2S/c1-2-3-4-12-5-6(8,9)7(10,11)15(12,13)14/h2-5H2,1H3. The highest BCUT2D eigenvalue weighted by molar-refractivity contribution is 7.94. The number of hydrogen-bond acceptors (Lipinski definition) is 2. The molecule has 1 fully saturated rings. The molecule has 3 nitrogen and oxygen atoms in total. The molecular formula is C7H11Cl4NO2S. The zero-order chi connectivity index (χ0) is 11.9. The lowest BCUT2D eigenvalue weighted by Crippen LogP contribution is -2.37. The number of sulfonamides is 1. The third-order valence-electron chi connectivity index (χ3n) is 2.23. The first-order chi connectivity index (χ1) is 6.67. The van der Waals surface area contributed by atoms with E-state index in [-0.39, 0.29) is 6.54 Å². The molecule has 1 aliphatic heterocycles. The minimum atomic E-state index is -3.84. The van der Waals surface area contributed by atoms with Crippen LogP contribution in [0.2, 0.25) is 0 Å². The van der Waals surface area contributed by atoms with Gasteiger partial charge in [-0.25, -0.2) is 8.42 Å². The molecule has 8 heteroatoms. The van der Waals surface area contributed by atoms with E-state index in [4.69, 9.17) is 46.4 Å². The van der Waals surface area contributed by atoms with Gasteiger partial charge in [0.15, 0.2) is 4.33 Å². The molecule has 0 spiro atoms. The summed E-state index contributed by atoms with van der Waals surface area (Å²) in [7, 11) is -3.84. The van der Waals surface area contributed by atoms with E-state index >= 15 is 0 Å². The Bertz CT molecular complexity index is 341. The van der Waals surface area contributed by atoms with Crippen molar-refractivity contribution in [2.75, 3.05) is 13.1 Å². The van der Waals surface area contributed by atoms with Crippen LogP contribution in [0, 0.1) is 0 Å². The predicted octanol–water partition coefficient (Wildman–Crippen LogP) is 2.74. The molecule has 0 aromatic rings. The number of halogens is 4. The molecule has 0 aromatic carbocycles. The summed E-state index contributed by atoms with van der Waals surface area (Å²) in [5.41, 5.74) is 0. The zero-order valence-electron chi connectivity index (χ0n) is 8.01. The van der Waals surface area contributed by atoms with Gasteiger partial charge in [0.2, 0.25) is 0 Å². The van der Waals surface area contributed by atoms with Gasteiger partial charge in [-0.1, -0.05) is 59.7 Å². The maximum atomic E-state index is 11.8. The van der Waals surface area contributed by atoms with Crippen LogP contribution in [0.25, 0.3) is 0 Å². The normalized spacial score (nSPS) is 28.1. The molecule has 0 unspecified atom stereocenters. The molecule has 1 heterocycles. The fraction of sp³-hybridized carbons (Fsp3) is 1.00. The van der Waals surface area contributed by atoms with Gasteiger partial charge >= 0.3 is 0 Å². The average molecular weight is 315 g/mol. The predicted molar refractivity (Wildman–Crippen MR) is 64.3 cm³/mol. The fourth-order valence-electron chi connectivity index (χ4n) is 1.28. The minimum Gasteiger partial charge on any atom is -0.209 e. The van der Waals surface area contributed by atoms with E-state index in [1.54, 1.807) is 0 Å². The van der Waals surface area contributed by atoms with Gasteiger partial charge in [0, 0.05) is 6.54 Å². The number of alkyl halides is 4. The number of rotatable bonds is 3. The first-order valence-corrected chi connectivity index (χ1v) is 7.37. The summed E-state index contributed by atoms with van der Waals surface area (Å²) in [6.45, 7) is 2.21. The lowest BCUT2D eigenvalue weighted by molar-refractivity contribution is 0.429. The Hall–Kier alpha value is 1.07. The van der Waals surface area contributed by atoms with Crippen LogP contribution in [0.5, 0.6) is 0 Å². The molecule has 15 heavy (non-hydrogen) atoms. The van der Waals surface area contributed by atoms with Crippen LogP contribution in [0.1, 0.15) is 19.8 Å². The summed E-state index contributed by atoms with van der Waals surface area (Å²) < 4.78 is 20.9. The summed E-state index contributed by atoms with van der Waals surface area (Å²) in [5.74, 6) is 0. The van der Waals surface area contributed by atoms with Gasteiger partial charge in [-0.3, -0.25) is 0 Å². The van der Waals surface area contributed by atoms with Crippen LogP contribution in [0.3, 0.4) is 0 Å². The molecule has 0 radical (unpaired) electrons. The quantitative estimate of drug-likeness (QED) is 0.751. The molecule has 0 amide bonds. The van der Waals surface area contributed by atoms with E-state index in [1.807, 2.05) is 6.92 Å². The monoisotopic (exact) mass is 313 g/mol. The molecule has 1 aliphatic rings. The smallest absolute Gasteiger partial charge is 0.209 e. The van der Waals surface area contributed by atoms with Crippen molar-refractivity contribution >= 4 is 56.4 Å². The van der Waals surface area contributed by atoms with Gasteiger partial charge in [0.1, 0.15) is 0 Å². The van der Waals surface area contributed by atoms with Crippen molar-refractivity contribution in [3.05, 3.63) is 0 Å². The maximum absolute atomic E-state index is 11.8. The van der Waals surface area contributed by atoms with Crippen molar-refractivity contribution < 1.29 is 8.42 Å². The molecule has 0 N–H and O–H groups in total. The van der Waals surface area contributed by atoms with Crippen LogP contribution in [-0.2, 0) is 10.0 Å². The Morgan fingerprint density at radius 1 is 1.27 bits per heavy atom. The van der Waals surface area contributed by atoms with Crippen LogP contribution in [0.4, 0.5) is 0 Å². The first-order valence-electron chi connectivity index (χ1n) is 4.42. The summed E-state index contributed by atoms with van der Waals surface area (Å²) in [4.78, 5) is 0. The van der Waals surface area contributed by atoms with Crippen LogP contribution in [0.15, 0.2) is 0 Å². The second kappa shape index (κ2) is 4.39. The minimum absolute atomic E-state index is 0.0779. The van der Waals surface area contributed by atoms with Crippen LogP contribution < -0.4 is 0 Å². The van der Waals surface area contributed by atoms with Gasteiger partial charge in [-0.2, -0.15) is 4.31 Å². The van der Waals surface area contributed by atoms with Crippen molar-refractivity contribution in [3.8, 4) is 0 Å². The molecule has 0 aliphatic carbocycles. The highest BCUT2D eigenvalue weighted by atomic mass is 35.5. The van der Waals surface area contributed by atoms with Crippen molar-refractivity contribution in [3.63, 3.8) is 0 Å². The van der Waals surface area contributed by atoms with E-state index in [0.29, 0.717) is 13.0 Å². The van der Waals surface area contributed by atoms with E-state index in [0.717, 1.165) is 10.7 Å². The SMILES string of the molecule is CCCCN1CC(Cl)(Cl)C(Cl)(Cl)S1(=O)=O. The molecule has 1 saturated heterocycles. The zero-order valence-corrected chi connectivity index (χ0v) is 11.9. The topological polar surface area (TPSA) is 37.4 Å². The summed E-state index contributed by atoms with van der Waals surface area (Å²) >= 11 is 23.0. The Kier molecular flexibility index (Phi) is 4.14. The first kappa shape index (κ1) is 14.1. The van der Waals surface area contributed by atoms with Gasteiger partial charge in [-0.15, -0.1) is 0 Å². The molecule has 90 valence electrons. The summed E-state index contributed by atoms with van der Waals surface area (Å²) in [5, 5.41) is 0. The molecule has 0 atom stereocenters. The third kappa shape index (κ3) is 2.22. The highest BCUT2D eigenvalue weighted by Crippen LogP contribution is 2.53. The summed E-state index contributed by atoms with van der Waals surface area (Å²) in [6.07, 6.45) is 1.58. The van der Waals surface area contributed by atoms with Gasteiger partial charge in [0.25, 0.3) is 13.7 Å². The Labute approximate surface area is 110 Å². The molecule has 0 bridgehead atoms. The Balaban J connectivity index is 2.99. The number of nitrogens with zero attached hydrogens (tertiary/aromatic N) is 1.